The van der Waals surface area contributed by atoms with E-state index in [2.05, 4.69) is 36.2 Å². The van der Waals surface area contributed by atoms with Crippen LogP contribution in [-0.4, -0.2) is 11.3 Å². The van der Waals surface area contributed by atoms with Crippen molar-refractivity contribution in [3.05, 3.63) is 23.8 Å². The molecule has 0 radical (unpaired) electrons. The van der Waals surface area contributed by atoms with E-state index in [9.17, 15) is 4.79 Å². The second-order valence-corrected chi connectivity index (χ2v) is 3.26. The Balaban J connectivity index is 2.51. The highest BCUT2D eigenvalue weighted by Crippen LogP contribution is 2.13. The van der Waals surface area contributed by atoms with Gasteiger partial charge in [0.25, 0.3) is 5.24 Å². The van der Waals surface area contributed by atoms with Crippen molar-refractivity contribution in [1.29, 1.82) is 0 Å². The third-order valence-electron chi connectivity index (χ3n) is 1.86. The van der Waals surface area contributed by atoms with Crippen molar-refractivity contribution < 1.29 is 4.79 Å². The third-order valence-corrected chi connectivity index (χ3v) is 1.99. The summed E-state index contributed by atoms with van der Waals surface area (Å²) >= 11 is 3.66. The average molecular weight is 183 g/mol. The Hall–Kier alpha value is -0.700. The fourth-order valence-corrected chi connectivity index (χ4v) is 1.42. The minimum Gasteiger partial charge on any atom is -0.341 e. The van der Waals surface area contributed by atoms with Crippen LogP contribution in [0, 0.1) is 0 Å². The van der Waals surface area contributed by atoms with E-state index in [-0.39, 0.29) is 11.3 Å². The van der Waals surface area contributed by atoms with Gasteiger partial charge in [-0.2, -0.15) is 0 Å². The highest BCUT2D eigenvalue weighted by atomic mass is 32.1. The molecule has 1 rings (SSSR count). The first-order chi connectivity index (χ1) is 5.70. The molecule has 1 N–H and O–H groups in total. The fraction of sp³-hybridized carbons (Fsp3) is 0.444. The summed E-state index contributed by atoms with van der Waals surface area (Å²) < 4.78 is 0. The standard InChI is InChI=1S/C9H13NOS/c1-7(10-9(11)12)8-5-3-2-4-6-8/h3,5-7H,2,4H2,1H3,(H2,10,11,12)/t7-/m1/s1. The molecular weight excluding hydrogens is 170 g/mol. The van der Waals surface area contributed by atoms with Crippen LogP contribution >= 0.6 is 12.6 Å². The predicted octanol–water partition coefficient (Wildman–Crippen LogP) is 2.29. The van der Waals surface area contributed by atoms with Crippen molar-refractivity contribution in [2.45, 2.75) is 25.8 Å². The number of carbonyl (C=O) groups is 1. The molecule has 0 saturated heterocycles. The van der Waals surface area contributed by atoms with E-state index < -0.39 is 0 Å². The van der Waals surface area contributed by atoms with Gasteiger partial charge in [0.05, 0.1) is 6.04 Å². The van der Waals surface area contributed by atoms with Crippen LogP contribution in [0.3, 0.4) is 0 Å². The summed E-state index contributed by atoms with van der Waals surface area (Å²) in [5.41, 5.74) is 1.17. The van der Waals surface area contributed by atoms with Crippen molar-refractivity contribution >= 4 is 17.9 Å². The summed E-state index contributed by atoms with van der Waals surface area (Å²) in [6.07, 6.45) is 8.49. The lowest BCUT2D eigenvalue weighted by molar-refractivity contribution is 0.259. The third kappa shape index (κ3) is 2.74. The van der Waals surface area contributed by atoms with Crippen molar-refractivity contribution in [1.82, 2.24) is 5.32 Å². The lowest BCUT2D eigenvalue weighted by Crippen LogP contribution is -2.29. The van der Waals surface area contributed by atoms with Gasteiger partial charge in [-0.3, -0.25) is 4.79 Å². The van der Waals surface area contributed by atoms with Crippen molar-refractivity contribution in [2.75, 3.05) is 0 Å². The van der Waals surface area contributed by atoms with Crippen molar-refractivity contribution in [3.63, 3.8) is 0 Å². The Bertz CT molecular complexity index is 233. The first-order valence-corrected chi connectivity index (χ1v) is 4.51. The van der Waals surface area contributed by atoms with Gasteiger partial charge in [-0.15, -0.1) is 0 Å². The van der Waals surface area contributed by atoms with Crippen LogP contribution in [0.5, 0.6) is 0 Å². The van der Waals surface area contributed by atoms with Gasteiger partial charge in [0.15, 0.2) is 0 Å². The Morgan fingerprint density at radius 2 is 2.42 bits per heavy atom. The maximum Gasteiger partial charge on any atom is 0.276 e. The maximum atomic E-state index is 10.6. The van der Waals surface area contributed by atoms with E-state index >= 15 is 0 Å². The molecule has 1 amide bonds. The Kier molecular flexibility index (Phi) is 3.41. The number of amides is 1. The molecule has 66 valence electrons. The molecule has 0 unspecified atom stereocenters. The minimum absolute atomic E-state index is 0.0755. The number of allylic oxidation sites excluding steroid dienone is 2. The molecular formula is C9H13NOS. The molecule has 1 aliphatic carbocycles. The minimum atomic E-state index is -0.276. The van der Waals surface area contributed by atoms with Crippen molar-refractivity contribution in [3.8, 4) is 0 Å². The van der Waals surface area contributed by atoms with Crippen molar-refractivity contribution in [2.24, 2.45) is 0 Å². The molecule has 2 nitrogen and oxygen atoms in total. The molecule has 12 heavy (non-hydrogen) atoms. The van der Waals surface area contributed by atoms with Gasteiger partial charge in [0.1, 0.15) is 0 Å². The first-order valence-electron chi connectivity index (χ1n) is 4.06. The van der Waals surface area contributed by atoms with E-state index in [1.165, 1.54) is 5.57 Å². The Labute approximate surface area is 78.1 Å². The van der Waals surface area contributed by atoms with Crippen LogP contribution in [0.2, 0.25) is 0 Å². The van der Waals surface area contributed by atoms with Crippen LogP contribution in [0.25, 0.3) is 0 Å². The zero-order chi connectivity index (χ0) is 8.97. The van der Waals surface area contributed by atoms with E-state index in [1.807, 2.05) is 6.92 Å². The van der Waals surface area contributed by atoms with Gasteiger partial charge >= 0.3 is 0 Å². The summed E-state index contributed by atoms with van der Waals surface area (Å²) in [4.78, 5) is 10.6. The lowest BCUT2D eigenvalue weighted by atomic mass is 10.0. The number of carbonyl (C=O) groups excluding carboxylic acids is 1. The summed E-state index contributed by atoms with van der Waals surface area (Å²) in [5, 5.41) is 2.44. The van der Waals surface area contributed by atoms with Gasteiger partial charge in [-0.05, 0) is 25.3 Å². The number of rotatable bonds is 2. The van der Waals surface area contributed by atoms with Crippen LogP contribution in [0.1, 0.15) is 19.8 Å². The van der Waals surface area contributed by atoms with Gasteiger partial charge in [0, 0.05) is 0 Å². The number of nitrogens with one attached hydrogen (secondary N) is 1. The second-order valence-electron chi connectivity index (χ2n) is 2.86. The average Bonchev–Trinajstić information content (AvgIpc) is 2.05. The molecule has 0 aromatic heterocycles. The highest BCUT2D eigenvalue weighted by molar-refractivity contribution is 7.96. The van der Waals surface area contributed by atoms with Crippen LogP contribution in [0.4, 0.5) is 4.79 Å². The zero-order valence-corrected chi connectivity index (χ0v) is 7.97. The Morgan fingerprint density at radius 1 is 1.67 bits per heavy atom. The normalized spacial score (nSPS) is 18.3. The number of hydrogen-bond acceptors (Lipinski definition) is 1. The lowest BCUT2D eigenvalue weighted by Gasteiger charge is -2.15. The zero-order valence-electron chi connectivity index (χ0n) is 7.08. The van der Waals surface area contributed by atoms with E-state index in [1.54, 1.807) is 0 Å². The van der Waals surface area contributed by atoms with Gasteiger partial charge in [-0.1, -0.05) is 30.9 Å². The van der Waals surface area contributed by atoms with Crippen LogP contribution in [0.15, 0.2) is 23.8 Å². The van der Waals surface area contributed by atoms with E-state index in [4.69, 9.17) is 0 Å². The highest BCUT2D eigenvalue weighted by Gasteiger charge is 2.08. The summed E-state index contributed by atoms with van der Waals surface area (Å²) in [7, 11) is 0. The quantitative estimate of drug-likeness (QED) is 0.632. The molecule has 0 saturated carbocycles. The van der Waals surface area contributed by atoms with Gasteiger partial charge in [0.2, 0.25) is 0 Å². The molecule has 0 spiro atoms. The Morgan fingerprint density at radius 3 is 2.92 bits per heavy atom. The molecule has 0 fully saturated rings. The SMILES string of the molecule is C[C@@H](NC(=O)S)C1=CCCC=C1. The maximum absolute atomic E-state index is 10.6. The number of hydrogen-bond donors (Lipinski definition) is 2. The van der Waals surface area contributed by atoms with Crippen LogP contribution in [-0.2, 0) is 0 Å². The molecule has 1 aliphatic rings. The second kappa shape index (κ2) is 4.36. The molecule has 0 bridgehead atoms. The van der Waals surface area contributed by atoms with Gasteiger partial charge < -0.3 is 5.32 Å². The monoisotopic (exact) mass is 183 g/mol. The molecule has 0 aliphatic heterocycles. The fourth-order valence-electron chi connectivity index (χ4n) is 1.22. The predicted molar refractivity (Wildman–Crippen MR) is 53.4 cm³/mol. The van der Waals surface area contributed by atoms with E-state index in [0.29, 0.717) is 0 Å². The summed E-state index contributed by atoms with van der Waals surface area (Å²) in [5.74, 6) is 0. The number of thiol groups is 1. The topological polar surface area (TPSA) is 29.1 Å². The first kappa shape index (κ1) is 9.39. The molecule has 0 heterocycles. The smallest absolute Gasteiger partial charge is 0.276 e. The van der Waals surface area contributed by atoms with E-state index in [0.717, 1.165) is 12.8 Å². The summed E-state index contributed by atoms with van der Waals surface area (Å²) in [6, 6.07) is 0.0755. The summed E-state index contributed by atoms with van der Waals surface area (Å²) in [6.45, 7) is 1.95. The van der Waals surface area contributed by atoms with Gasteiger partial charge in [-0.25, -0.2) is 0 Å². The molecule has 0 aromatic carbocycles. The molecule has 3 heteroatoms. The molecule has 1 atom stereocenters. The molecule has 0 aromatic rings. The largest absolute Gasteiger partial charge is 0.341 e. The van der Waals surface area contributed by atoms with Crippen LogP contribution < -0.4 is 5.32 Å².